The smallest absolute Gasteiger partial charge is 0.328 e. The standard InChI is InChI=1S/C23H26F2N4O5S/c1-23(2,3)17-11-14(29-18(30)8-9-26-22(29)31)10-16(21(17)34-4)15-7-6-13(19(24)20(15)25)12-27-28-35(5,32)33/h6-7,10-12,28H,8-9H2,1-5H3,(H,26,31)/b27-12+. The Kier molecular flexibility index (Phi) is 7.16. The molecule has 2 aromatic rings. The first kappa shape index (κ1) is 26.1. The summed E-state index contributed by atoms with van der Waals surface area (Å²) in [5.74, 6) is -2.68. The molecular formula is C23H26F2N4O5S. The van der Waals surface area contributed by atoms with Crippen LogP contribution in [-0.4, -0.2) is 46.5 Å². The summed E-state index contributed by atoms with van der Waals surface area (Å²) < 4.78 is 58.1. The molecule has 1 aliphatic heterocycles. The van der Waals surface area contributed by atoms with Crippen LogP contribution in [0.25, 0.3) is 11.1 Å². The van der Waals surface area contributed by atoms with Crippen LogP contribution < -0.4 is 19.8 Å². The van der Waals surface area contributed by atoms with E-state index in [1.54, 1.807) is 6.07 Å². The fraction of sp³-hybridized carbons (Fsp3) is 0.348. The number of nitrogens with zero attached hydrogens (tertiary/aromatic N) is 2. The second-order valence-electron chi connectivity index (χ2n) is 8.99. The van der Waals surface area contributed by atoms with Gasteiger partial charge in [0.2, 0.25) is 15.9 Å². The first-order valence-corrected chi connectivity index (χ1v) is 12.4. The van der Waals surface area contributed by atoms with Crippen molar-refractivity contribution >= 4 is 33.9 Å². The Morgan fingerprint density at radius 1 is 1.14 bits per heavy atom. The molecule has 188 valence electrons. The van der Waals surface area contributed by atoms with Crippen LogP contribution in [0.1, 0.15) is 38.3 Å². The minimum Gasteiger partial charge on any atom is -0.496 e. The Bertz CT molecular complexity index is 1300. The molecule has 2 N–H and O–H groups in total. The van der Waals surface area contributed by atoms with E-state index in [1.807, 2.05) is 25.6 Å². The van der Waals surface area contributed by atoms with Gasteiger partial charge in [-0.05, 0) is 23.6 Å². The Labute approximate surface area is 202 Å². The zero-order valence-corrected chi connectivity index (χ0v) is 20.7. The Morgan fingerprint density at radius 2 is 1.83 bits per heavy atom. The molecule has 0 saturated carbocycles. The van der Waals surface area contributed by atoms with Gasteiger partial charge in [-0.15, -0.1) is 0 Å². The molecule has 12 heteroatoms. The van der Waals surface area contributed by atoms with Crippen LogP contribution in [0.4, 0.5) is 19.3 Å². The highest BCUT2D eigenvalue weighted by atomic mass is 32.2. The molecular weight excluding hydrogens is 482 g/mol. The number of urea groups is 1. The molecule has 0 aliphatic carbocycles. The maximum atomic E-state index is 15.3. The number of hydrazone groups is 1. The number of nitrogens with one attached hydrogen (secondary N) is 2. The molecule has 9 nitrogen and oxygen atoms in total. The lowest BCUT2D eigenvalue weighted by Gasteiger charge is -2.30. The van der Waals surface area contributed by atoms with Crippen LogP contribution in [0.2, 0.25) is 0 Å². The van der Waals surface area contributed by atoms with E-state index in [9.17, 15) is 22.4 Å². The normalized spacial score (nSPS) is 14.9. The molecule has 0 atom stereocenters. The average Bonchev–Trinajstić information content (AvgIpc) is 2.74. The molecule has 3 rings (SSSR count). The van der Waals surface area contributed by atoms with Crippen LogP contribution in [-0.2, 0) is 20.2 Å². The molecule has 1 heterocycles. The summed E-state index contributed by atoms with van der Waals surface area (Å²) in [6.07, 6.45) is 1.80. The second-order valence-corrected chi connectivity index (χ2v) is 10.7. The van der Waals surface area contributed by atoms with Gasteiger partial charge in [-0.3, -0.25) is 4.79 Å². The number of benzene rings is 2. The third-order valence-electron chi connectivity index (χ3n) is 5.24. The molecule has 0 spiro atoms. The van der Waals surface area contributed by atoms with E-state index in [4.69, 9.17) is 4.74 Å². The fourth-order valence-electron chi connectivity index (χ4n) is 3.63. The number of methoxy groups -OCH3 is 1. The van der Waals surface area contributed by atoms with Crippen molar-refractivity contribution in [3.63, 3.8) is 0 Å². The number of rotatable bonds is 6. The van der Waals surface area contributed by atoms with Gasteiger partial charge in [-0.25, -0.2) is 31.7 Å². The summed E-state index contributed by atoms with van der Waals surface area (Å²) in [5.41, 5.74) is -0.124. The molecule has 0 aromatic heterocycles. The number of amides is 3. The van der Waals surface area contributed by atoms with Crippen molar-refractivity contribution in [3.8, 4) is 16.9 Å². The van der Waals surface area contributed by atoms with Gasteiger partial charge in [0.1, 0.15) is 5.75 Å². The van der Waals surface area contributed by atoms with Gasteiger partial charge in [0, 0.05) is 35.2 Å². The van der Waals surface area contributed by atoms with Gasteiger partial charge in [-0.1, -0.05) is 26.8 Å². The Balaban J connectivity index is 2.22. The van der Waals surface area contributed by atoms with Gasteiger partial charge in [0.25, 0.3) is 0 Å². The molecule has 35 heavy (non-hydrogen) atoms. The van der Waals surface area contributed by atoms with E-state index in [2.05, 4.69) is 10.4 Å². The number of sulfonamides is 1. The summed E-state index contributed by atoms with van der Waals surface area (Å²) >= 11 is 0. The van der Waals surface area contributed by atoms with Crippen molar-refractivity contribution in [2.24, 2.45) is 5.10 Å². The van der Waals surface area contributed by atoms with Crippen LogP contribution in [0.3, 0.4) is 0 Å². The summed E-state index contributed by atoms with van der Waals surface area (Å²) in [6, 6.07) is 4.91. The van der Waals surface area contributed by atoms with Gasteiger partial charge in [0.15, 0.2) is 11.6 Å². The number of carbonyl (C=O) groups excluding carboxylic acids is 2. The molecule has 1 aliphatic rings. The first-order chi connectivity index (χ1) is 16.2. The van der Waals surface area contributed by atoms with E-state index < -0.39 is 39.0 Å². The molecule has 1 saturated heterocycles. The lowest BCUT2D eigenvalue weighted by Crippen LogP contribution is -2.50. The summed E-state index contributed by atoms with van der Waals surface area (Å²) in [6.45, 7) is 5.84. The molecule has 0 radical (unpaired) electrons. The largest absolute Gasteiger partial charge is 0.496 e. The monoisotopic (exact) mass is 508 g/mol. The average molecular weight is 509 g/mol. The van der Waals surface area contributed by atoms with E-state index in [1.165, 1.54) is 25.3 Å². The van der Waals surface area contributed by atoms with Crippen molar-refractivity contribution in [1.82, 2.24) is 10.1 Å². The first-order valence-electron chi connectivity index (χ1n) is 10.6. The maximum absolute atomic E-state index is 15.3. The van der Waals surface area contributed by atoms with Crippen molar-refractivity contribution in [3.05, 3.63) is 47.0 Å². The van der Waals surface area contributed by atoms with Crippen molar-refractivity contribution in [1.29, 1.82) is 0 Å². The van der Waals surface area contributed by atoms with E-state index in [-0.39, 0.29) is 41.1 Å². The number of hydrogen-bond acceptors (Lipinski definition) is 6. The number of halogens is 2. The minimum atomic E-state index is -3.67. The molecule has 3 amide bonds. The fourth-order valence-corrected chi connectivity index (χ4v) is 3.87. The zero-order chi connectivity index (χ0) is 26.1. The molecule has 0 bridgehead atoms. The predicted octanol–water partition coefficient (Wildman–Crippen LogP) is 3.27. The van der Waals surface area contributed by atoms with Crippen molar-refractivity contribution < 1.29 is 31.5 Å². The number of hydrogen-bond donors (Lipinski definition) is 2. The molecule has 2 aromatic carbocycles. The van der Waals surface area contributed by atoms with Crippen molar-refractivity contribution in [2.45, 2.75) is 32.6 Å². The predicted molar refractivity (Wildman–Crippen MR) is 128 cm³/mol. The van der Waals surface area contributed by atoms with Gasteiger partial charge >= 0.3 is 6.03 Å². The second kappa shape index (κ2) is 9.61. The van der Waals surface area contributed by atoms with Gasteiger partial charge in [0.05, 0.1) is 25.3 Å². The zero-order valence-electron chi connectivity index (χ0n) is 19.9. The van der Waals surface area contributed by atoms with Gasteiger partial charge in [-0.2, -0.15) is 5.10 Å². The number of anilines is 1. The number of ether oxygens (including phenoxy) is 1. The topological polar surface area (TPSA) is 117 Å². The Morgan fingerprint density at radius 3 is 2.40 bits per heavy atom. The molecule has 1 fully saturated rings. The third-order valence-corrected chi connectivity index (χ3v) is 5.67. The highest BCUT2D eigenvalue weighted by Crippen LogP contribution is 2.44. The summed E-state index contributed by atoms with van der Waals surface area (Å²) in [5, 5.41) is 6.01. The van der Waals surface area contributed by atoms with Crippen LogP contribution in [0.5, 0.6) is 5.75 Å². The number of carbonyl (C=O) groups is 2. The van der Waals surface area contributed by atoms with E-state index >= 15 is 4.39 Å². The maximum Gasteiger partial charge on any atom is 0.328 e. The van der Waals surface area contributed by atoms with Crippen molar-refractivity contribution in [2.75, 3.05) is 24.8 Å². The van der Waals surface area contributed by atoms with Crippen LogP contribution in [0, 0.1) is 11.6 Å². The minimum absolute atomic E-state index is 0.0937. The SMILES string of the molecule is COc1c(-c2ccc(/C=N/NS(C)(=O)=O)c(F)c2F)cc(N2C(=O)CCNC2=O)cc1C(C)(C)C. The van der Waals surface area contributed by atoms with E-state index in [0.717, 1.165) is 17.4 Å². The highest BCUT2D eigenvalue weighted by molar-refractivity contribution is 7.88. The Hall–Kier alpha value is -3.54. The van der Waals surface area contributed by atoms with E-state index in [0.29, 0.717) is 5.56 Å². The quantitative estimate of drug-likeness (QED) is 0.459. The number of imide groups is 1. The lowest BCUT2D eigenvalue weighted by atomic mass is 9.83. The van der Waals surface area contributed by atoms with Crippen LogP contribution in [0.15, 0.2) is 29.4 Å². The van der Waals surface area contributed by atoms with Crippen LogP contribution >= 0.6 is 0 Å². The highest BCUT2D eigenvalue weighted by Gasteiger charge is 2.32. The van der Waals surface area contributed by atoms with Gasteiger partial charge < -0.3 is 10.1 Å². The molecule has 0 unspecified atom stereocenters. The summed E-state index contributed by atoms with van der Waals surface area (Å²) in [4.78, 5) is 27.8. The lowest BCUT2D eigenvalue weighted by molar-refractivity contribution is -0.118. The third kappa shape index (κ3) is 5.59. The summed E-state index contributed by atoms with van der Waals surface area (Å²) in [7, 11) is -2.28.